The van der Waals surface area contributed by atoms with Gasteiger partial charge in [-0.05, 0) is 19.4 Å². The van der Waals surface area contributed by atoms with Crippen LogP contribution in [-0.4, -0.2) is 48.2 Å². The van der Waals surface area contributed by atoms with Crippen LogP contribution >= 0.6 is 0 Å². The number of ether oxygens (including phenoxy) is 2. The quantitative estimate of drug-likeness (QED) is 0.819. The summed E-state index contributed by atoms with van der Waals surface area (Å²) in [6, 6.07) is 9.56. The maximum absolute atomic E-state index is 12.9. The van der Waals surface area contributed by atoms with Crippen LogP contribution in [0.5, 0.6) is 0 Å². The van der Waals surface area contributed by atoms with E-state index in [1.54, 1.807) is 18.7 Å². The largest absolute Gasteiger partial charge is 0.450 e. The number of rotatable bonds is 4. The van der Waals surface area contributed by atoms with Gasteiger partial charge in [-0.25, -0.2) is 9.59 Å². The molecule has 144 valence electrons. The van der Waals surface area contributed by atoms with E-state index in [1.165, 1.54) is 0 Å². The maximum Gasteiger partial charge on any atom is 0.409 e. The molecule has 0 radical (unpaired) electrons. The summed E-state index contributed by atoms with van der Waals surface area (Å²) in [6.07, 6.45) is 0.374. The number of likely N-dealkylation sites (tertiary alicyclic amines) is 1. The van der Waals surface area contributed by atoms with E-state index < -0.39 is 11.6 Å². The van der Waals surface area contributed by atoms with E-state index in [2.05, 4.69) is 5.32 Å². The van der Waals surface area contributed by atoms with E-state index in [-0.39, 0.29) is 12.0 Å². The van der Waals surface area contributed by atoms with Crippen LogP contribution in [0.25, 0.3) is 0 Å². The molecular formula is C20H24N2O5. The van der Waals surface area contributed by atoms with Crippen LogP contribution < -0.4 is 5.32 Å². The molecule has 2 heterocycles. The van der Waals surface area contributed by atoms with Crippen molar-refractivity contribution in [3.05, 3.63) is 47.0 Å². The maximum atomic E-state index is 12.9. The third kappa shape index (κ3) is 3.82. The summed E-state index contributed by atoms with van der Waals surface area (Å²) >= 11 is 0. The highest BCUT2D eigenvalue weighted by Crippen LogP contribution is 2.41. The van der Waals surface area contributed by atoms with Crippen LogP contribution in [0, 0.1) is 0 Å². The van der Waals surface area contributed by atoms with Crippen LogP contribution in [0.1, 0.15) is 32.3 Å². The standard InChI is InChI=1S/C20H24N2O5/c1-3-26-19(25)22-11-9-20(10-12-22)16(14(2)18(24)27-20)17(23)21-13-15-7-5-4-6-8-15/h4-8H,3,9-13H2,1-2H3,(H,21,23). The highest BCUT2D eigenvalue weighted by molar-refractivity contribution is 6.07. The number of amides is 2. The van der Waals surface area contributed by atoms with Gasteiger partial charge in [-0.2, -0.15) is 0 Å². The highest BCUT2D eigenvalue weighted by Gasteiger charge is 2.51. The molecule has 0 bridgehead atoms. The highest BCUT2D eigenvalue weighted by atomic mass is 16.6. The van der Waals surface area contributed by atoms with E-state index in [1.807, 2.05) is 30.3 Å². The van der Waals surface area contributed by atoms with Crippen LogP contribution in [0.2, 0.25) is 0 Å². The zero-order valence-electron chi connectivity index (χ0n) is 15.6. The first-order chi connectivity index (χ1) is 13.0. The molecule has 0 unspecified atom stereocenters. The van der Waals surface area contributed by atoms with Gasteiger partial charge in [0.25, 0.3) is 5.91 Å². The van der Waals surface area contributed by atoms with E-state index >= 15 is 0 Å². The van der Waals surface area contributed by atoms with E-state index in [0.29, 0.717) is 50.2 Å². The first-order valence-corrected chi connectivity index (χ1v) is 9.15. The number of nitrogens with zero attached hydrogens (tertiary/aromatic N) is 1. The van der Waals surface area contributed by atoms with Crippen LogP contribution in [0.15, 0.2) is 41.5 Å². The minimum absolute atomic E-state index is 0.299. The molecule has 1 spiro atoms. The van der Waals surface area contributed by atoms with Gasteiger partial charge in [0, 0.05) is 38.0 Å². The molecule has 27 heavy (non-hydrogen) atoms. The Morgan fingerprint density at radius 2 is 1.89 bits per heavy atom. The van der Waals surface area contributed by atoms with Crippen molar-refractivity contribution in [2.45, 2.75) is 38.8 Å². The van der Waals surface area contributed by atoms with Crippen molar-refractivity contribution in [1.82, 2.24) is 10.2 Å². The molecule has 1 aromatic rings. The number of nitrogens with one attached hydrogen (secondary N) is 1. The smallest absolute Gasteiger partial charge is 0.409 e. The lowest BCUT2D eigenvalue weighted by atomic mass is 9.83. The molecule has 0 aliphatic carbocycles. The molecule has 0 atom stereocenters. The molecule has 1 saturated heterocycles. The van der Waals surface area contributed by atoms with Gasteiger partial charge in [0.05, 0.1) is 12.2 Å². The van der Waals surface area contributed by atoms with Crippen LogP contribution in [-0.2, 0) is 25.6 Å². The molecule has 3 rings (SSSR count). The lowest BCUT2D eigenvalue weighted by Gasteiger charge is -2.38. The van der Waals surface area contributed by atoms with Crippen molar-refractivity contribution >= 4 is 18.0 Å². The third-order valence-corrected chi connectivity index (χ3v) is 5.04. The molecule has 2 aliphatic heterocycles. The summed E-state index contributed by atoms with van der Waals surface area (Å²) in [5, 5.41) is 2.88. The van der Waals surface area contributed by atoms with Crippen molar-refractivity contribution in [3.8, 4) is 0 Å². The average Bonchev–Trinajstić information content (AvgIpc) is 2.91. The summed E-state index contributed by atoms with van der Waals surface area (Å²) < 4.78 is 10.6. The Labute approximate surface area is 158 Å². The molecule has 1 fully saturated rings. The second-order valence-electron chi connectivity index (χ2n) is 6.74. The van der Waals surface area contributed by atoms with Gasteiger partial charge in [0.15, 0.2) is 0 Å². The van der Waals surface area contributed by atoms with Gasteiger partial charge in [-0.3, -0.25) is 4.79 Å². The molecule has 2 aliphatic rings. The van der Waals surface area contributed by atoms with Crippen molar-refractivity contribution in [3.63, 3.8) is 0 Å². The first-order valence-electron chi connectivity index (χ1n) is 9.15. The van der Waals surface area contributed by atoms with E-state index in [0.717, 1.165) is 5.56 Å². The number of piperidine rings is 1. The zero-order chi connectivity index (χ0) is 19.4. The topological polar surface area (TPSA) is 84.9 Å². The number of hydrogen-bond acceptors (Lipinski definition) is 5. The fourth-order valence-electron chi connectivity index (χ4n) is 3.61. The SMILES string of the molecule is CCOC(=O)N1CCC2(CC1)OC(=O)C(C)=C2C(=O)NCc1ccccc1. The fourth-order valence-corrected chi connectivity index (χ4v) is 3.61. The minimum Gasteiger partial charge on any atom is -0.450 e. The second kappa shape index (κ2) is 7.82. The first kappa shape index (κ1) is 18.9. The monoisotopic (exact) mass is 372 g/mol. The molecule has 7 nitrogen and oxygen atoms in total. The number of carbonyl (C=O) groups is 3. The van der Waals surface area contributed by atoms with Gasteiger partial charge in [0.1, 0.15) is 5.60 Å². The van der Waals surface area contributed by atoms with Gasteiger partial charge >= 0.3 is 12.1 Å². The predicted octanol–water partition coefficient (Wildman–Crippen LogP) is 2.17. The molecule has 1 N–H and O–H groups in total. The summed E-state index contributed by atoms with van der Waals surface area (Å²) in [6.45, 7) is 4.79. The minimum atomic E-state index is -0.967. The Morgan fingerprint density at radius 1 is 1.22 bits per heavy atom. The number of hydrogen-bond donors (Lipinski definition) is 1. The van der Waals surface area contributed by atoms with Crippen molar-refractivity contribution < 1.29 is 23.9 Å². The molecule has 0 saturated carbocycles. The van der Waals surface area contributed by atoms with Gasteiger partial charge < -0.3 is 19.7 Å². The number of esters is 1. The van der Waals surface area contributed by atoms with Gasteiger partial charge in [0.2, 0.25) is 0 Å². The second-order valence-corrected chi connectivity index (χ2v) is 6.74. The summed E-state index contributed by atoms with van der Waals surface area (Å²) in [5.74, 6) is -0.767. The molecule has 0 aromatic heterocycles. The number of benzene rings is 1. The zero-order valence-corrected chi connectivity index (χ0v) is 15.6. The van der Waals surface area contributed by atoms with Crippen molar-refractivity contribution in [1.29, 1.82) is 0 Å². The number of carbonyl (C=O) groups excluding carboxylic acids is 3. The van der Waals surface area contributed by atoms with Gasteiger partial charge in [-0.1, -0.05) is 30.3 Å². The Morgan fingerprint density at radius 3 is 2.52 bits per heavy atom. The molecule has 1 aromatic carbocycles. The van der Waals surface area contributed by atoms with E-state index in [4.69, 9.17) is 9.47 Å². The molecule has 2 amide bonds. The van der Waals surface area contributed by atoms with E-state index in [9.17, 15) is 14.4 Å². The van der Waals surface area contributed by atoms with Crippen molar-refractivity contribution in [2.75, 3.05) is 19.7 Å². The van der Waals surface area contributed by atoms with Gasteiger partial charge in [-0.15, -0.1) is 0 Å². The molecular weight excluding hydrogens is 348 g/mol. The van der Waals surface area contributed by atoms with Crippen molar-refractivity contribution in [2.24, 2.45) is 0 Å². The van der Waals surface area contributed by atoms with Crippen LogP contribution in [0.4, 0.5) is 4.79 Å². The Kier molecular flexibility index (Phi) is 5.48. The Bertz CT molecular complexity index is 764. The Hall–Kier alpha value is -2.83. The van der Waals surface area contributed by atoms with Crippen LogP contribution in [0.3, 0.4) is 0 Å². The summed E-state index contributed by atoms with van der Waals surface area (Å²) in [7, 11) is 0. The molecule has 7 heteroatoms. The lowest BCUT2D eigenvalue weighted by molar-refractivity contribution is -0.150. The lowest BCUT2D eigenvalue weighted by Crippen LogP contribution is -2.50. The predicted molar refractivity (Wildman–Crippen MR) is 97.6 cm³/mol. The Balaban J connectivity index is 1.71. The summed E-state index contributed by atoms with van der Waals surface area (Å²) in [4.78, 5) is 38.5. The summed E-state index contributed by atoms with van der Waals surface area (Å²) in [5.41, 5.74) is 0.725. The average molecular weight is 372 g/mol. The normalized spacial score (nSPS) is 18.4. The third-order valence-electron chi connectivity index (χ3n) is 5.04. The fraction of sp³-hybridized carbons (Fsp3) is 0.450.